The van der Waals surface area contributed by atoms with E-state index in [1.807, 2.05) is 23.9 Å². The maximum absolute atomic E-state index is 12.8. The number of aryl methyl sites for hydroxylation is 3. The normalized spacial score (nSPS) is 17.3. The van der Waals surface area contributed by atoms with E-state index in [9.17, 15) is 4.79 Å². The largest absolute Gasteiger partial charge is 0.489 e. The van der Waals surface area contributed by atoms with E-state index in [4.69, 9.17) is 4.74 Å². The van der Waals surface area contributed by atoms with Crippen LogP contribution in [0.2, 0.25) is 0 Å². The average molecular weight is 526 g/mol. The maximum atomic E-state index is 12.8. The van der Waals surface area contributed by atoms with Crippen molar-refractivity contribution in [1.82, 2.24) is 24.9 Å². The lowest BCUT2D eigenvalue weighted by molar-refractivity contribution is -0.120. The molecule has 0 saturated carbocycles. The van der Waals surface area contributed by atoms with Crippen LogP contribution in [0.3, 0.4) is 0 Å². The number of carbonyl (C=O) groups excluding carboxylic acids is 1. The predicted molar refractivity (Wildman–Crippen MR) is 154 cm³/mol. The number of fused-ring (bicyclic) bond motifs is 2. The van der Waals surface area contributed by atoms with E-state index in [1.165, 1.54) is 11.1 Å². The minimum absolute atomic E-state index is 0.0705. The molecule has 0 fully saturated rings. The minimum atomic E-state index is -0.174. The first-order chi connectivity index (χ1) is 18.8. The smallest absolute Gasteiger partial charge is 0.133 e. The van der Waals surface area contributed by atoms with Crippen LogP contribution < -0.4 is 4.74 Å². The fourth-order valence-electron chi connectivity index (χ4n) is 5.81. The Balaban J connectivity index is 1.53. The van der Waals surface area contributed by atoms with E-state index >= 15 is 0 Å². The molecule has 7 heteroatoms. The summed E-state index contributed by atoms with van der Waals surface area (Å²) in [5, 5.41) is 8.82. The molecule has 204 valence electrons. The zero-order valence-corrected chi connectivity index (χ0v) is 23.9. The molecule has 0 unspecified atom stereocenters. The van der Waals surface area contributed by atoms with E-state index in [0.717, 1.165) is 71.6 Å². The standard InChI is InChI=1S/C32H39N5O2/c1-7-27-19-36(18-26-16-33-14-13-30(26)39-27)17-25-15-24(10-9-20(25)3)31(21(4)23(6)38)28-11-12-29-32(22(28)5)34-35-37(29)8-2/h9-16,21,27,31H,7-8,17-19H2,1-6H3/t21-,27-,31-/m1/s1. The summed E-state index contributed by atoms with van der Waals surface area (Å²) in [4.78, 5) is 19.6. The molecule has 0 spiro atoms. The first-order valence-electron chi connectivity index (χ1n) is 14.0. The Morgan fingerprint density at radius 1 is 1.15 bits per heavy atom. The molecule has 0 amide bonds. The Kier molecular flexibility index (Phi) is 7.80. The van der Waals surface area contributed by atoms with Gasteiger partial charge in [-0.25, -0.2) is 4.68 Å². The van der Waals surface area contributed by atoms with E-state index in [2.05, 4.69) is 78.2 Å². The van der Waals surface area contributed by atoms with Crippen molar-refractivity contribution in [1.29, 1.82) is 0 Å². The van der Waals surface area contributed by atoms with Crippen molar-refractivity contribution >= 4 is 16.8 Å². The van der Waals surface area contributed by atoms with Crippen molar-refractivity contribution in [2.75, 3.05) is 6.54 Å². The monoisotopic (exact) mass is 525 g/mol. The van der Waals surface area contributed by atoms with Crippen LogP contribution in [0, 0.1) is 19.8 Å². The van der Waals surface area contributed by atoms with Gasteiger partial charge in [0.05, 0.1) is 5.52 Å². The molecule has 3 heterocycles. The summed E-state index contributed by atoms with van der Waals surface area (Å²) < 4.78 is 8.23. The summed E-state index contributed by atoms with van der Waals surface area (Å²) >= 11 is 0. The highest BCUT2D eigenvalue weighted by atomic mass is 16.5. The number of carbonyl (C=O) groups is 1. The molecule has 0 radical (unpaired) electrons. The van der Waals surface area contributed by atoms with Gasteiger partial charge in [-0.3, -0.25) is 14.7 Å². The second-order valence-electron chi connectivity index (χ2n) is 10.9. The third kappa shape index (κ3) is 5.33. The Bertz CT molecular complexity index is 1490. The summed E-state index contributed by atoms with van der Waals surface area (Å²) in [5.74, 6) is 0.871. The fraction of sp³-hybridized carbons (Fsp3) is 0.438. The molecule has 0 bridgehead atoms. The number of rotatable bonds is 8. The number of benzene rings is 2. The lowest BCUT2D eigenvalue weighted by Crippen LogP contribution is -2.32. The zero-order valence-electron chi connectivity index (χ0n) is 23.9. The van der Waals surface area contributed by atoms with Crippen molar-refractivity contribution < 1.29 is 9.53 Å². The number of pyridine rings is 1. The average Bonchev–Trinajstić information content (AvgIpc) is 3.27. The Morgan fingerprint density at radius 2 is 1.97 bits per heavy atom. The van der Waals surface area contributed by atoms with Gasteiger partial charge >= 0.3 is 0 Å². The van der Waals surface area contributed by atoms with Crippen LogP contribution in [0.15, 0.2) is 48.8 Å². The zero-order chi connectivity index (χ0) is 27.7. The quantitative estimate of drug-likeness (QED) is 0.281. The first kappa shape index (κ1) is 27.0. The molecule has 3 atom stereocenters. The van der Waals surface area contributed by atoms with Gasteiger partial charge in [-0.05, 0) is 74.1 Å². The molecule has 1 aliphatic heterocycles. The molecule has 4 aromatic rings. The molecular formula is C32H39N5O2. The van der Waals surface area contributed by atoms with Gasteiger partial charge in [0.25, 0.3) is 0 Å². The van der Waals surface area contributed by atoms with Gasteiger partial charge in [0.1, 0.15) is 23.2 Å². The second-order valence-corrected chi connectivity index (χ2v) is 10.9. The third-order valence-corrected chi connectivity index (χ3v) is 8.35. The molecule has 7 nitrogen and oxygen atoms in total. The van der Waals surface area contributed by atoms with Crippen molar-refractivity contribution in [3.63, 3.8) is 0 Å². The Labute approximate surface area is 231 Å². The van der Waals surface area contributed by atoms with Crippen LogP contribution in [0.5, 0.6) is 5.75 Å². The van der Waals surface area contributed by atoms with Gasteiger partial charge < -0.3 is 4.74 Å². The lowest BCUT2D eigenvalue weighted by atomic mass is 9.77. The summed E-state index contributed by atoms with van der Waals surface area (Å²) in [6.07, 6.45) is 4.79. The van der Waals surface area contributed by atoms with Gasteiger partial charge in [-0.15, -0.1) is 5.10 Å². The fourth-order valence-corrected chi connectivity index (χ4v) is 5.81. The summed E-state index contributed by atoms with van der Waals surface area (Å²) in [6, 6.07) is 12.9. The second kappa shape index (κ2) is 11.3. The molecular weight excluding hydrogens is 486 g/mol. The van der Waals surface area contributed by atoms with Crippen LogP contribution in [-0.2, 0) is 24.4 Å². The highest BCUT2D eigenvalue weighted by Crippen LogP contribution is 2.38. The first-order valence-corrected chi connectivity index (χ1v) is 14.0. The van der Waals surface area contributed by atoms with Crippen LogP contribution in [0.4, 0.5) is 0 Å². The molecule has 0 aliphatic carbocycles. The SMILES string of the molecule is CC[C@@H]1CN(Cc2cc([C@H](c3ccc4c(nnn4CC)c3C)[C@H](C)C(C)=O)ccc2C)Cc2cnccc2O1. The highest BCUT2D eigenvalue weighted by Gasteiger charge is 2.29. The number of Topliss-reactive ketones (excluding diaryl/α,β-unsaturated/α-hetero) is 1. The van der Waals surface area contributed by atoms with Gasteiger partial charge in [-0.1, -0.05) is 43.3 Å². The maximum Gasteiger partial charge on any atom is 0.133 e. The van der Waals surface area contributed by atoms with Crippen LogP contribution in [-0.4, -0.2) is 43.3 Å². The Morgan fingerprint density at radius 3 is 2.72 bits per heavy atom. The molecule has 2 aromatic carbocycles. The molecule has 0 N–H and O–H groups in total. The van der Waals surface area contributed by atoms with Crippen molar-refractivity contribution in [3.05, 3.63) is 82.2 Å². The predicted octanol–water partition coefficient (Wildman–Crippen LogP) is 5.99. The molecule has 1 aliphatic rings. The third-order valence-electron chi connectivity index (χ3n) is 8.35. The number of hydrogen-bond acceptors (Lipinski definition) is 6. The molecule has 39 heavy (non-hydrogen) atoms. The van der Waals surface area contributed by atoms with Crippen molar-refractivity contribution in [2.24, 2.45) is 5.92 Å². The summed E-state index contributed by atoms with van der Waals surface area (Å²) in [5.41, 5.74) is 8.95. The number of ketones is 1. The van der Waals surface area contributed by atoms with Gasteiger partial charge in [-0.2, -0.15) is 0 Å². The van der Waals surface area contributed by atoms with Gasteiger partial charge in [0, 0.05) is 56.0 Å². The highest BCUT2D eigenvalue weighted by molar-refractivity contribution is 5.82. The van der Waals surface area contributed by atoms with E-state index in [-0.39, 0.29) is 23.7 Å². The number of aromatic nitrogens is 4. The van der Waals surface area contributed by atoms with E-state index < -0.39 is 0 Å². The van der Waals surface area contributed by atoms with Crippen molar-refractivity contribution in [2.45, 2.75) is 79.6 Å². The summed E-state index contributed by atoms with van der Waals surface area (Å²) in [7, 11) is 0. The summed E-state index contributed by atoms with van der Waals surface area (Å²) in [6.45, 7) is 15.5. The van der Waals surface area contributed by atoms with Crippen LogP contribution >= 0.6 is 0 Å². The minimum Gasteiger partial charge on any atom is -0.489 e. The topological polar surface area (TPSA) is 73.1 Å². The molecule has 2 aromatic heterocycles. The lowest BCUT2D eigenvalue weighted by Gasteiger charge is -2.27. The van der Waals surface area contributed by atoms with E-state index in [1.54, 1.807) is 13.1 Å². The number of hydrogen-bond donors (Lipinski definition) is 0. The molecule has 5 rings (SSSR count). The van der Waals surface area contributed by atoms with Gasteiger partial charge in [0.2, 0.25) is 0 Å². The Hall–Kier alpha value is -3.58. The van der Waals surface area contributed by atoms with Crippen LogP contribution in [0.1, 0.15) is 73.4 Å². The number of ether oxygens (including phenoxy) is 1. The van der Waals surface area contributed by atoms with Crippen molar-refractivity contribution in [3.8, 4) is 5.75 Å². The molecule has 0 saturated heterocycles. The van der Waals surface area contributed by atoms with E-state index in [0.29, 0.717) is 0 Å². The van der Waals surface area contributed by atoms with Gasteiger partial charge in [0.15, 0.2) is 0 Å². The number of nitrogens with zero attached hydrogens (tertiary/aromatic N) is 5. The van der Waals surface area contributed by atoms with Crippen LogP contribution in [0.25, 0.3) is 11.0 Å².